The molecular weight excluding hydrogens is 194 g/mol. The molecule has 0 heterocycles. The molecule has 10 heavy (non-hydrogen) atoms. The highest BCUT2D eigenvalue weighted by Crippen LogP contribution is 2.35. The molecule has 60 valence electrons. The van der Waals surface area contributed by atoms with E-state index in [-0.39, 0.29) is 5.78 Å². The van der Waals surface area contributed by atoms with Crippen molar-refractivity contribution in [3.63, 3.8) is 0 Å². The molecule has 4 heteroatoms. The second-order valence-electron chi connectivity index (χ2n) is 2.08. The maximum Gasteiger partial charge on any atom is 0.199 e. The second-order valence-corrected chi connectivity index (χ2v) is 4.45. The van der Waals surface area contributed by atoms with Crippen LogP contribution in [0.4, 0.5) is 0 Å². The molecule has 0 aliphatic heterocycles. The monoisotopic (exact) mass is 202 g/mol. The van der Waals surface area contributed by atoms with Crippen molar-refractivity contribution in [3.05, 3.63) is 0 Å². The maximum atomic E-state index is 10.9. The largest absolute Gasteiger partial charge is 0.299 e. The van der Waals surface area contributed by atoms with Gasteiger partial charge in [0.2, 0.25) is 0 Å². The molecule has 0 spiro atoms. The van der Waals surface area contributed by atoms with Gasteiger partial charge < -0.3 is 0 Å². The molecule has 0 amide bonds. The Labute approximate surface area is 75.6 Å². The van der Waals surface area contributed by atoms with Crippen LogP contribution in [0.25, 0.3) is 0 Å². The smallest absolute Gasteiger partial charge is 0.199 e. The van der Waals surface area contributed by atoms with Crippen LogP contribution in [0.1, 0.15) is 20.3 Å². The van der Waals surface area contributed by atoms with Crippen molar-refractivity contribution in [2.45, 2.75) is 24.1 Å². The summed E-state index contributed by atoms with van der Waals surface area (Å²) in [5.74, 6) is -0.539. The van der Waals surface area contributed by atoms with Crippen LogP contribution in [0.5, 0.6) is 0 Å². The van der Waals surface area contributed by atoms with Gasteiger partial charge in [-0.1, -0.05) is 48.7 Å². The van der Waals surface area contributed by atoms with E-state index in [0.717, 1.165) is 0 Å². The normalized spacial score (nSPS) is 14.9. The molecule has 1 nitrogen and oxygen atoms in total. The van der Waals surface area contributed by atoms with Gasteiger partial charge in [0.15, 0.2) is 3.79 Å². The third-order valence-electron chi connectivity index (χ3n) is 1.32. The first-order chi connectivity index (χ1) is 4.39. The number of hydrogen-bond donors (Lipinski definition) is 0. The Hall–Kier alpha value is 0.540. The molecule has 1 atom stereocenters. The van der Waals surface area contributed by atoms with E-state index in [1.807, 2.05) is 0 Å². The van der Waals surface area contributed by atoms with Crippen LogP contribution >= 0.6 is 34.8 Å². The lowest BCUT2D eigenvalue weighted by molar-refractivity contribution is -0.121. The molecule has 0 aromatic rings. The Bertz CT molecular complexity index is 127. The van der Waals surface area contributed by atoms with Crippen LogP contribution in [-0.4, -0.2) is 9.58 Å². The highest BCUT2D eigenvalue weighted by Gasteiger charge is 2.32. The zero-order chi connectivity index (χ0) is 8.36. The lowest BCUT2D eigenvalue weighted by atomic mass is 10.1. The van der Waals surface area contributed by atoms with E-state index in [2.05, 4.69) is 0 Å². The third kappa shape index (κ3) is 3.09. The predicted octanol–water partition coefficient (Wildman–Crippen LogP) is 2.97. The minimum absolute atomic E-state index is 0.0278. The number of Topliss-reactive ketones (excluding diaryl/α,β-unsaturated/α-hetero) is 1. The Morgan fingerprint density at radius 1 is 1.50 bits per heavy atom. The molecular formula is C6H9Cl3O. The summed E-state index contributed by atoms with van der Waals surface area (Å²) < 4.78 is -1.45. The maximum absolute atomic E-state index is 10.9. The molecule has 0 bridgehead atoms. The highest BCUT2D eigenvalue weighted by molar-refractivity contribution is 6.68. The van der Waals surface area contributed by atoms with Crippen molar-refractivity contribution in [2.24, 2.45) is 5.92 Å². The average molecular weight is 203 g/mol. The van der Waals surface area contributed by atoms with Crippen molar-refractivity contribution in [1.82, 2.24) is 0 Å². The summed E-state index contributed by atoms with van der Waals surface area (Å²) in [6, 6.07) is 0. The minimum atomic E-state index is -1.45. The number of rotatable bonds is 2. The van der Waals surface area contributed by atoms with Crippen molar-refractivity contribution >= 4 is 40.6 Å². The van der Waals surface area contributed by atoms with E-state index in [4.69, 9.17) is 34.8 Å². The van der Waals surface area contributed by atoms with Crippen LogP contribution in [0.3, 0.4) is 0 Å². The molecule has 1 unspecified atom stereocenters. The summed E-state index contributed by atoms with van der Waals surface area (Å²) in [7, 11) is 0. The molecule has 0 rings (SSSR count). The molecule has 0 radical (unpaired) electrons. The Balaban J connectivity index is 4.08. The third-order valence-corrected chi connectivity index (χ3v) is 2.30. The van der Waals surface area contributed by atoms with Gasteiger partial charge >= 0.3 is 0 Å². The van der Waals surface area contributed by atoms with Crippen molar-refractivity contribution in [1.29, 1.82) is 0 Å². The molecule has 0 saturated carbocycles. The number of halogens is 3. The minimum Gasteiger partial charge on any atom is -0.299 e. The first-order valence-electron chi connectivity index (χ1n) is 2.99. The van der Waals surface area contributed by atoms with Gasteiger partial charge in [-0.05, 0) is 0 Å². The number of ketones is 1. The summed E-state index contributed by atoms with van der Waals surface area (Å²) >= 11 is 16.4. The van der Waals surface area contributed by atoms with Crippen LogP contribution in [0, 0.1) is 5.92 Å². The van der Waals surface area contributed by atoms with Gasteiger partial charge in [0.25, 0.3) is 0 Å². The van der Waals surface area contributed by atoms with E-state index in [1.165, 1.54) is 0 Å². The molecule has 0 aromatic carbocycles. The second kappa shape index (κ2) is 3.80. The summed E-state index contributed by atoms with van der Waals surface area (Å²) in [6.45, 7) is 3.36. The van der Waals surface area contributed by atoms with Crippen molar-refractivity contribution < 1.29 is 4.79 Å². The first kappa shape index (κ1) is 10.5. The lowest BCUT2D eigenvalue weighted by Gasteiger charge is -2.17. The van der Waals surface area contributed by atoms with Crippen LogP contribution in [-0.2, 0) is 4.79 Å². The van der Waals surface area contributed by atoms with Gasteiger partial charge in [-0.2, -0.15) is 0 Å². The fourth-order valence-electron chi connectivity index (χ4n) is 0.489. The van der Waals surface area contributed by atoms with Crippen molar-refractivity contribution in [2.75, 3.05) is 0 Å². The van der Waals surface area contributed by atoms with E-state index >= 15 is 0 Å². The highest BCUT2D eigenvalue weighted by atomic mass is 35.6. The van der Waals surface area contributed by atoms with Gasteiger partial charge in [0, 0.05) is 6.42 Å². The van der Waals surface area contributed by atoms with E-state index in [0.29, 0.717) is 6.42 Å². The number of hydrogen-bond acceptors (Lipinski definition) is 1. The summed E-state index contributed by atoms with van der Waals surface area (Å²) in [4.78, 5) is 10.9. The van der Waals surface area contributed by atoms with Crippen LogP contribution in [0.15, 0.2) is 0 Å². The summed E-state index contributed by atoms with van der Waals surface area (Å²) in [5.41, 5.74) is 0. The van der Waals surface area contributed by atoms with E-state index < -0.39 is 9.71 Å². The van der Waals surface area contributed by atoms with E-state index in [9.17, 15) is 4.79 Å². The van der Waals surface area contributed by atoms with Crippen molar-refractivity contribution in [3.8, 4) is 0 Å². The van der Waals surface area contributed by atoms with Gasteiger partial charge in [0.1, 0.15) is 5.78 Å². The number of carbonyl (C=O) groups is 1. The number of alkyl halides is 3. The Morgan fingerprint density at radius 3 is 2.00 bits per heavy atom. The van der Waals surface area contributed by atoms with Crippen LogP contribution in [0.2, 0.25) is 0 Å². The molecule has 0 saturated heterocycles. The molecule has 0 aliphatic rings. The zero-order valence-corrected chi connectivity index (χ0v) is 8.09. The average Bonchev–Trinajstić information content (AvgIpc) is 1.83. The Morgan fingerprint density at radius 2 is 1.90 bits per heavy atom. The van der Waals surface area contributed by atoms with Gasteiger partial charge in [-0.3, -0.25) is 4.79 Å². The zero-order valence-electron chi connectivity index (χ0n) is 5.83. The van der Waals surface area contributed by atoms with Gasteiger partial charge in [0.05, 0.1) is 5.92 Å². The fraction of sp³-hybridized carbons (Fsp3) is 0.833. The summed E-state index contributed by atoms with van der Waals surface area (Å²) in [5, 5.41) is 0. The van der Waals surface area contributed by atoms with E-state index in [1.54, 1.807) is 13.8 Å². The topological polar surface area (TPSA) is 17.1 Å². The fourth-order valence-corrected chi connectivity index (χ4v) is 0.854. The summed E-state index contributed by atoms with van der Waals surface area (Å²) in [6.07, 6.45) is 0.412. The predicted molar refractivity (Wildman–Crippen MR) is 44.8 cm³/mol. The standard InChI is InChI=1S/C6H9Cl3O/c1-3-5(10)4(2)6(7,8)9/h4H,3H2,1-2H3. The number of carbonyl (C=O) groups excluding carboxylic acids is 1. The lowest BCUT2D eigenvalue weighted by Crippen LogP contribution is -2.24. The van der Waals surface area contributed by atoms with Crippen LogP contribution < -0.4 is 0 Å². The molecule has 0 aromatic heterocycles. The molecule has 0 aliphatic carbocycles. The Kier molecular flexibility index (Phi) is 4.00. The van der Waals surface area contributed by atoms with Gasteiger partial charge in [-0.15, -0.1) is 0 Å². The quantitative estimate of drug-likeness (QED) is 0.631. The SMILES string of the molecule is CCC(=O)C(C)C(Cl)(Cl)Cl. The first-order valence-corrected chi connectivity index (χ1v) is 4.12. The molecule has 0 fully saturated rings. The molecule has 0 N–H and O–H groups in total. The van der Waals surface area contributed by atoms with Gasteiger partial charge in [-0.25, -0.2) is 0 Å².